The van der Waals surface area contributed by atoms with Crippen LogP contribution in [-0.4, -0.2) is 36.6 Å². The van der Waals surface area contributed by atoms with E-state index in [0.717, 1.165) is 11.8 Å². The van der Waals surface area contributed by atoms with Gasteiger partial charge in [-0.05, 0) is 88.4 Å². The summed E-state index contributed by atoms with van der Waals surface area (Å²) in [5.41, 5.74) is 4.61. The van der Waals surface area contributed by atoms with Crippen molar-refractivity contribution >= 4 is 5.69 Å². The van der Waals surface area contributed by atoms with Crippen LogP contribution in [0.5, 0.6) is 0 Å². The minimum absolute atomic E-state index is 0.604. The number of hydrogen-bond donors (Lipinski definition) is 0. The van der Waals surface area contributed by atoms with Crippen LogP contribution in [0.25, 0.3) is 0 Å². The van der Waals surface area contributed by atoms with E-state index >= 15 is 0 Å². The van der Waals surface area contributed by atoms with Crippen molar-refractivity contribution in [2.24, 2.45) is 11.8 Å². The van der Waals surface area contributed by atoms with Gasteiger partial charge in [-0.3, -0.25) is 0 Å². The summed E-state index contributed by atoms with van der Waals surface area (Å²) in [6.45, 7) is 11.0. The maximum absolute atomic E-state index is 2.80. The Hall–Kier alpha value is -1.02. The van der Waals surface area contributed by atoms with Gasteiger partial charge in [-0.1, -0.05) is 31.4 Å². The van der Waals surface area contributed by atoms with Gasteiger partial charge in [0, 0.05) is 30.9 Å². The van der Waals surface area contributed by atoms with Crippen molar-refractivity contribution in [1.82, 2.24) is 4.90 Å². The van der Waals surface area contributed by atoms with Crippen molar-refractivity contribution in [3.05, 3.63) is 29.3 Å². The molecule has 0 amide bonds. The molecule has 0 spiro atoms. The molecule has 2 aliphatic heterocycles. The lowest BCUT2D eigenvalue weighted by molar-refractivity contribution is 0.0619. The zero-order valence-electron chi connectivity index (χ0n) is 17.2. The standard InChI is InChI=1S/C24H38N2/c1-18(2)26-13-6-9-22-11-10-20(16-24(22)26)15-19(3)25-14-12-21-7-4-5-8-23(21)17-25/h10-11,16,18-19,21,23H,4-9,12-15,17H2,1-3H3. The summed E-state index contributed by atoms with van der Waals surface area (Å²) in [4.78, 5) is 5.41. The number of nitrogens with zero attached hydrogens (tertiary/aromatic N) is 2. The highest BCUT2D eigenvalue weighted by Gasteiger charge is 2.32. The third kappa shape index (κ3) is 3.81. The van der Waals surface area contributed by atoms with E-state index in [4.69, 9.17) is 0 Å². The molecular weight excluding hydrogens is 316 g/mol. The lowest BCUT2D eigenvalue weighted by Crippen LogP contribution is -2.46. The van der Waals surface area contributed by atoms with Crippen LogP contribution < -0.4 is 4.90 Å². The SMILES string of the molecule is CC(Cc1ccc2c(c1)N(C(C)C)CCC2)N1CCC2CCCCC2C1. The molecule has 2 nitrogen and oxygen atoms in total. The molecule has 0 radical (unpaired) electrons. The first kappa shape index (κ1) is 18.3. The summed E-state index contributed by atoms with van der Waals surface area (Å²) in [5, 5.41) is 0. The van der Waals surface area contributed by atoms with Gasteiger partial charge in [-0.15, -0.1) is 0 Å². The number of rotatable bonds is 4. The second-order valence-electron chi connectivity index (χ2n) is 9.50. The van der Waals surface area contributed by atoms with E-state index in [1.54, 1.807) is 5.56 Å². The molecule has 1 saturated carbocycles. The van der Waals surface area contributed by atoms with Gasteiger partial charge in [-0.25, -0.2) is 0 Å². The summed E-state index contributed by atoms with van der Waals surface area (Å²) >= 11 is 0. The highest BCUT2D eigenvalue weighted by molar-refractivity contribution is 5.58. The smallest absolute Gasteiger partial charge is 0.0403 e. The molecule has 26 heavy (non-hydrogen) atoms. The fourth-order valence-corrected chi connectivity index (χ4v) is 5.81. The van der Waals surface area contributed by atoms with Crippen LogP contribution in [0.2, 0.25) is 0 Å². The Labute approximate surface area is 161 Å². The molecule has 0 aromatic heterocycles. The summed E-state index contributed by atoms with van der Waals surface area (Å²) in [7, 11) is 0. The normalized spacial score (nSPS) is 27.9. The quantitative estimate of drug-likeness (QED) is 0.725. The van der Waals surface area contributed by atoms with Gasteiger partial charge in [-0.2, -0.15) is 0 Å². The first-order valence-electron chi connectivity index (χ1n) is 11.2. The lowest BCUT2D eigenvalue weighted by Gasteiger charge is -2.43. The molecule has 4 rings (SSSR count). The highest BCUT2D eigenvalue weighted by atomic mass is 15.2. The topological polar surface area (TPSA) is 6.48 Å². The average Bonchev–Trinajstić information content (AvgIpc) is 2.67. The Bertz CT molecular complexity index is 608. The van der Waals surface area contributed by atoms with Crippen LogP contribution in [0.4, 0.5) is 5.69 Å². The minimum Gasteiger partial charge on any atom is -0.369 e. The fourth-order valence-electron chi connectivity index (χ4n) is 5.81. The van der Waals surface area contributed by atoms with Crippen molar-refractivity contribution in [2.75, 3.05) is 24.5 Å². The molecule has 3 atom stereocenters. The number of fused-ring (bicyclic) bond motifs is 2. The van der Waals surface area contributed by atoms with Crippen LogP contribution in [0.15, 0.2) is 18.2 Å². The van der Waals surface area contributed by atoms with Gasteiger partial charge in [0.2, 0.25) is 0 Å². The second-order valence-corrected chi connectivity index (χ2v) is 9.50. The van der Waals surface area contributed by atoms with Crippen LogP contribution in [0, 0.1) is 11.8 Å². The average molecular weight is 355 g/mol. The molecule has 3 aliphatic rings. The molecule has 1 aromatic rings. The van der Waals surface area contributed by atoms with E-state index in [0.29, 0.717) is 12.1 Å². The summed E-state index contributed by atoms with van der Waals surface area (Å²) in [6.07, 6.45) is 11.1. The van der Waals surface area contributed by atoms with Gasteiger partial charge in [0.25, 0.3) is 0 Å². The van der Waals surface area contributed by atoms with Crippen LogP contribution >= 0.6 is 0 Å². The van der Waals surface area contributed by atoms with Crippen molar-refractivity contribution in [3.8, 4) is 0 Å². The molecule has 0 N–H and O–H groups in total. The zero-order valence-corrected chi connectivity index (χ0v) is 17.2. The monoisotopic (exact) mass is 354 g/mol. The number of benzene rings is 1. The van der Waals surface area contributed by atoms with Crippen LogP contribution in [-0.2, 0) is 12.8 Å². The van der Waals surface area contributed by atoms with E-state index in [1.165, 1.54) is 82.3 Å². The molecule has 2 heteroatoms. The van der Waals surface area contributed by atoms with Gasteiger partial charge < -0.3 is 9.80 Å². The minimum atomic E-state index is 0.604. The molecule has 144 valence electrons. The molecule has 0 bridgehead atoms. The van der Waals surface area contributed by atoms with Crippen molar-refractivity contribution in [1.29, 1.82) is 0 Å². The summed E-state index contributed by atoms with van der Waals surface area (Å²) in [6, 6.07) is 8.61. The summed E-state index contributed by atoms with van der Waals surface area (Å²) in [5.74, 6) is 2.02. The Morgan fingerprint density at radius 2 is 1.77 bits per heavy atom. The highest BCUT2D eigenvalue weighted by Crippen LogP contribution is 2.37. The number of piperidine rings is 1. The van der Waals surface area contributed by atoms with E-state index in [-0.39, 0.29) is 0 Å². The largest absolute Gasteiger partial charge is 0.369 e. The van der Waals surface area contributed by atoms with Crippen molar-refractivity contribution < 1.29 is 0 Å². The van der Waals surface area contributed by atoms with Gasteiger partial charge in [0.05, 0.1) is 0 Å². The maximum atomic E-state index is 2.80. The van der Waals surface area contributed by atoms with Gasteiger partial charge in [0.15, 0.2) is 0 Å². The molecule has 2 fully saturated rings. The zero-order chi connectivity index (χ0) is 18.1. The van der Waals surface area contributed by atoms with Crippen LogP contribution in [0.1, 0.15) is 70.4 Å². The Morgan fingerprint density at radius 1 is 0.962 bits per heavy atom. The van der Waals surface area contributed by atoms with E-state index in [2.05, 4.69) is 48.8 Å². The Morgan fingerprint density at radius 3 is 2.58 bits per heavy atom. The van der Waals surface area contributed by atoms with Gasteiger partial charge >= 0.3 is 0 Å². The lowest BCUT2D eigenvalue weighted by atomic mass is 9.75. The van der Waals surface area contributed by atoms with Crippen molar-refractivity contribution in [2.45, 2.75) is 84.2 Å². The summed E-state index contributed by atoms with van der Waals surface area (Å²) < 4.78 is 0. The molecule has 2 heterocycles. The third-order valence-corrected chi connectivity index (χ3v) is 7.40. The predicted molar refractivity (Wildman–Crippen MR) is 112 cm³/mol. The molecular formula is C24H38N2. The second kappa shape index (κ2) is 7.92. The molecule has 3 unspecified atom stereocenters. The number of anilines is 1. The van der Waals surface area contributed by atoms with Gasteiger partial charge in [0.1, 0.15) is 0 Å². The number of hydrogen-bond acceptors (Lipinski definition) is 2. The maximum Gasteiger partial charge on any atom is 0.0403 e. The Kier molecular flexibility index (Phi) is 5.59. The van der Waals surface area contributed by atoms with Crippen molar-refractivity contribution in [3.63, 3.8) is 0 Å². The van der Waals surface area contributed by atoms with E-state index < -0.39 is 0 Å². The predicted octanol–water partition coefficient (Wildman–Crippen LogP) is 5.29. The Balaban J connectivity index is 1.43. The molecule has 1 aliphatic carbocycles. The number of aryl methyl sites for hydroxylation is 1. The van der Waals surface area contributed by atoms with E-state index in [9.17, 15) is 0 Å². The fraction of sp³-hybridized carbons (Fsp3) is 0.750. The third-order valence-electron chi connectivity index (χ3n) is 7.40. The van der Waals surface area contributed by atoms with Crippen LogP contribution in [0.3, 0.4) is 0 Å². The first-order chi connectivity index (χ1) is 12.6. The molecule has 1 aromatic carbocycles. The number of likely N-dealkylation sites (tertiary alicyclic amines) is 1. The molecule has 1 saturated heterocycles. The van der Waals surface area contributed by atoms with E-state index in [1.807, 2.05) is 0 Å². The first-order valence-corrected chi connectivity index (χ1v) is 11.2.